The smallest absolute Gasteiger partial charge is 0.118 e. The molecule has 22 heavy (non-hydrogen) atoms. The van der Waals surface area contributed by atoms with Gasteiger partial charge in [0.2, 0.25) is 0 Å². The van der Waals surface area contributed by atoms with E-state index in [4.69, 9.17) is 4.74 Å². The molecular formula is C17H22N4O. The second-order valence-corrected chi connectivity index (χ2v) is 5.70. The number of hydrogen-bond donors (Lipinski definition) is 0. The van der Waals surface area contributed by atoms with Crippen molar-refractivity contribution < 1.29 is 4.74 Å². The van der Waals surface area contributed by atoms with Crippen molar-refractivity contribution in [1.82, 2.24) is 19.8 Å². The number of aromatic nitrogens is 2. The lowest BCUT2D eigenvalue weighted by molar-refractivity contribution is 0.0895. The van der Waals surface area contributed by atoms with Crippen LogP contribution in [0.25, 0.3) is 0 Å². The number of methoxy groups -OCH3 is 1. The van der Waals surface area contributed by atoms with Gasteiger partial charge in [0.15, 0.2) is 0 Å². The van der Waals surface area contributed by atoms with Crippen LogP contribution in [0.2, 0.25) is 0 Å². The van der Waals surface area contributed by atoms with Gasteiger partial charge in [-0.3, -0.25) is 19.8 Å². The Balaban J connectivity index is 1.70. The fraction of sp³-hybridized carbons (Fsp3) is 0.412. The van der Waals surface area contributed by atoms with Crippen LogP contribution in [-0.2, 0) is 6.54 Å². The number of benzene rings is 1. The quantitative estimate of drug-likeness (QED) is 0.863. The molecule has 0 saturated carbocycles. The van der Waals surface area contributed by atoms with Gasteiger partial charge in [-0.2, -0.15) is 0 Å². The molecule has 0 N–H and O–H groups in total. The molecule has 1 saturated heterocycles. The van der Waals surface area contributed by atoms with Crippen molar-refractivity contribution in [2.45, 2.75) is 12.6 Å². The molecule has 0 unspecified atom stereocenters. The molecule has 0 amide bonds. The maximum Gasteiger partial charge on any atom is 0.118 e. The molecule has 5 nitrogen and oxygen atoms in total. The van der Waals surface area contributed by atoms with E-state index >= 15 is 0 Å². The second kappa shape index (κ2) is 6.85. The van der Waals surface area contributed by atoms with E-state index in [1.54, 1.807) is 19.5 Å². The van der Waals surface area contributed by atoms with Crippen molar-refractivity contribution in [2.75, 3.05) is 33.8 Å². The van der Waals surface area contributed by atoms with Crippen molar-refractivity contribution in [2.24, 2.45) is 0 Å². The Labute approximate surface area is 131 Å². The zero-order valence-corrected chi connectivity index (χ0v) is 13.1. The van der Waals surface area contributed by atoms with Crippen LogP contribution in [0.1, 0.15) is 17.3 Å². The van der Waals surface area contributed by atoms with Crippen molar-refractivity contribution in [3.05, 3.63) is 54.1 Å². The first-order valence-corrected chi connectivity index (χ1v) is 7.57. The van der Waals surface area contributed by atoms with Gasteiger partial charge >= 0.3 is 0 Å². The molecule has 0 aliphatic carbocycles. The first-order valence-electron chi connectivity index (χ1n) is 7.57. The zero-order chi connectivity index (χ0) is 15.4. The molecular weight excluding hydrogens is 276 g/mol. The third-order valence-electron chi connectivity index (χ3n) is 4.23. The monoisotopic (exact) mass is 298 g/mol. The fourth-order valence-corrected chi connectivity index (χ4v) is 2.90. The van der Waals surface area contributed by atoms with E-state index < -0.39 is 0 Å². The van der Waals surface area contributed by atoms with Crippen LogP contribution >= 0.6 is 0 Å². The molecule has 1 fully saturated rings. The largest absolute Gasteiger partial charge is 0.497 e. The van der Waals surface area contributed by atoms with Crippen LogP contribution in [-0.4, -0.2) is 53.6 Å². The fourth-order valence-electron chi connectivity index (χ4n) is 2.90. The minimum atomic E-state index is 0.399. The average Bonchev–Trinajstić information content (AvgIpc) is 2.58. The minimum absolute atomic E-state index is 0.399. The van der Waals surface area contributed by atoms with Crippen LogP contribution in [0.3, 0.4) is 0 Å². The summed E-state index contributed by atoms with van der Waals surface area (Å²) in [6, 6.07) is 8.78. The van der Waals surface area contributed by atoms with E-state index in [-0.39, 0.29) is 0 Å². The molecule has 3 rings (SSSR count). The number of ether oxygens (including phenoxy) is 1. The molecule has 0 spiro atoms. The Bertz CT molecular complexity index is 587. The van der Waals surface area contributed by atoms with Gasteiger partial charge in [-0.1, -0.05) is 12.1 Å². The number of likely N-dealkylation sites (N-methyl/N-ethyl adjacent to an activating group) is 1. The summed E-state index contributed by atoms with van der Waals surface area (Å²) in [4.78, 5) is 13.4. The van der Waals surface area contributed by atoms with E-state index in [0.29, 0.717) is 6.04 Å². The second-order valence-electron chi connectivity index (χ2n) is 5.70. The number of piperazine rings is 1. The number of nitrogens with zero attached hydrogens (tertiary/aromatic N) is 4. The van der Waals surface area contributed by atoms with Crippen molar-refractivity contribution in [1.29, 1.82) is 0 Å². The molecule has 5 heteroatoms. The lowest BCUT2D eigenvalue weighted by Gasteiger charge is -2.39. The maximum atomic E-state index is 5.24. The minimum Gasteiger partial charge on any atom is -0.497 e. The van der Waals surface area contributed by atoms with Gasteiger partial charge in [0.25, 0.3) is 0 Å². The Morgan fingerprint density at radius 1 is 1.18 bits per heavy atom. The van der Waals surface area contributed by atoms with Gasteiger partial charge in [0.1, 0.15) is 5.75 Å². The maximum absolute atomic E-state index is 5.24. The zero-order valence-electron chi connectivity index (χ0n) is 13.1. The lowest BCUT2D eigenvalue weighted by atomic mass is 10.0. The van der Waals surface area contributed by atoms with E-state index in [9.17, 15) is 0 Å². The molecule has 0 bridgehead atoms. The molecule has 2 heterocycles. The Morgan fingerprint density at radius 2 is 2.00 bits per heavy atom. The highest BCUT2D eigenvalue weighted by Gasteiger charge is 2.25. The van der Waals surface area contributed by atoms with E-state index in [2.05, 4.69) is 38.9 Å². The average molecular weight is 298 g/mol. The summed E-state index contributed by atoms with van der Waals surface area (Å²) in [7, 11) is 3.89. The first kappa shape index (κ1) is 14.9. The van der Waals surface area contributed by atoms with Crippen LogP contribution in [0.15, 0.2) is 42.9 Å². The molecule has 1 aliphatic heterocycles. The number of hydrogen-bond acceptors (Lipinski definition) is 5. The van der Waals surface area contributed by atoms with E-state index in [0.717, 1.165) is 37.6 Å². The molecule has 1 atom stereocenters. The first-order chi connectivity index (χ1) is 10.8. The molecule has 116 valence electrons. The number of rotatable bonds is 4. The molecule has 1 aromatic carbocycles. The van der Waals surface area contributed by atoms with Crippen molar-refractivity contribution in [3.63, 3.8) is 0 Å². The molecule has 1 aromatic heterocycles. The summed E-state index contributed by atoms with van der Waals surface area (Å²) in [6.07, 6.45) is 5.32. The molecule has 2 aromatic rings. The third kappa shape index (κ3) is 3.43. The van der Waals surface area contributed by atoms with Crippen LogP contribution in [0, 0.1) is 0 Å². The van der Waals surface area contributed by atoms with Crippen LogP contribution in [0.5, 0.6) is 5.75 Å². The van der Waals surface area contributed by atoms with Gasteiger partial charge in [-0.15, -0.1) is 0 Å². The highest BCUT2D eigenvalue weighted by atomic mass is 16.5. The summed E-state index contributed by atoms with van der Waals surface area (Å²) >= 11 is 0. The van der Waals surface area contributed by atoms with Gasteiger partial charge in [0, 0.05) is 50.8 Å². The standard InChI is InChI=1S/C17H22N4O/c1-20-9-10-21(12-15-11-18-7-8-19-15)13-17(20)14-3-5-16(22-2)6-4-14/h3-8,11,17H,9-10,12-13H2,1-2H3/t17-/m0/s1. The lowest BCUT2D eigenvalue weighted by Crippen LogP contribution is -2.46. The molecule has 1 aliphatic rings. The third-order valence-corrected chi connectivity index (χ3v) is 4.23. The summed E-state index contributed by atoms with van der Waals surface area (Å²) in [5.41, 5.74) is 2.35. The predicted octanol–water partition coefficient (Wildman–Crippen LogP) is 1.97. The highest BCUT2D eigenvalue weighted by molar-refractivity contribution is 5.29. The summed E-state index contributed by atoms with van der Waals surface area (Å²) in [6.45, 7) is 3.96. The van der Waals surface area contributed by atoms with Gasteiger partial charge in [-0.25, -0.2) is 0 Å². The predicted molar refractivity (Wildman–Crippen MR) is 85.7 cm³/mol. The Hall–Kier alpha value is -1.98. The van der Waals surface area contributed by atoms with E-state index in [1.807, 2.05) is 18.3 Å². The Morgan fingerprint density at radius 3 is 2.68 bits per heavy atom. The molecule has 0 radical (unpaired) electrons. The summed E-state index contributed by atoms with van der Waals surface area (Å²) in [5, 5.41) is 0. The van der Waals surface area contributed by atoms with E-state index in [1.165, 1.54) is 5.56 Å². The topological polar surface area (TPSA) is 41.5 Å². The summed E-state index contributed by atoms with van der Waals surface area (Å²) in [5.74, 6) is 0.902. The summed E-state index contributed by atoms with van der Waals surface area (Å²) < 4.78 is 5.24. The van der Waals surface area contributed by atoms with Crippen molar-refractivity contribution >= 4 is 0 Å². The normalized spacial score (nSPS) is 20.0. The van der Waals surface area contributed by atoms with Crippen LogP contribution in [0.4, 0.5) is 0 Å². The van der Waals surface area contributed by atoms with Crippen LogP contribution < -0.4 is 4.74 Å². The van der Waals surface area contributed by atoms with Gasteiger partial charge < -0.3 is 4.74 Å². The van der Waals surface area contributed by atoms with Gasteiger partial charge in [-0.05, 0) is 24.7 Å². The highest BCUT2D eigenvalue weighted by Crippen LogP contribution is 2.26. The van der Waals surface area contributed by atoms with Crippen molar-refractivity contribution in [3.8, 4) is 5.75 Å². The van der Waals surface area contributed by atoms with Gasteiger partial charge in [0.05, 0.1) is 12.8 Å². The SMILES string of the molecule is COc1ccc([C@@H]2CN(Cc3cnccn3)CCN2C)cc1. The Kier molecular flexibility index (Phi) is 4.65.